The van der Waals surface area contributed by atoms with Crippen LogP contribution in [0.25, 0.3) is 22.0 Å². The zero-order chi connectivity index (χ0) is 13.1. The third-order valence-corrected chi connectivity index (χ3v) is 3.00. The predicted molar refractivity (Wildman–Crippen MR) is 76.9 cm³/mol. The van der Waals surface area contributed by atoms with Gasteiger partial charge in [0, 0.05) is 5.39 Å². The lowest BCUT2D eigenvalue weighted by molar-refractivity contribution is -0.105. The van der Waals surface area contributed by atoms with Crippen LogP contribution in [0.5, 0.6) is 0 Å². The van der Waals surface area contributed by atoms with Gasteiger partial charge in [0.1, 0.15) is 5.82 Å². The van der Waals surface area contributed by atoms with Gasteiger partial charge in [0.15, 0.2) is 0 Å². The summed E-state index contributed by atoms with van der Waals surface area (Å²) in [6, 6.07) is 20.1. The molecular formula is C16H12N2O. The summed E-state index contributed by atoms with van der Waals surface area (Å²) < 4.78 is 0. The van der Waals surface area contributed by atoms with E-state index in [2.05, 4.69) is 28.5 Å². The number of hydrogen-bond donors (Lipinski definition) is 1. The Morgan fingerprint density at radius 2 is 1.74 bits per heavy atom. The molecule has 0 aliphatic carbocycles. The number of pyridine rings is 1. The SMILES string of the molecule is O=CNc1ccc2cc(-c3ccccc3)ccc2n1. The lowest BCUT2D eigenvalue weighted by atomic mass is 10.0. The van der Waals surface area contributed by atoms with E-state index in [1.807, 2.05) is 36.4 Å². The minimum absolute atomic E-state index is 0.565. The van der Waals surface area contributed by atoms with Crippen LogP contribution in [0.15, 0.2) is 60.7 Å². The van der Waals surface area contributed by atoms with Crippen molar-refractivity contribution in [3.05, 3.63) is 60.7 Å². The summed E-state index contributed by atoms with van der Waals surface area (Å²) in [5.41, 5.74) is 3.21. The standard InChI is InChI=1S/C16H12N2O/c19-11-17-16-9-7-14-10-13(6-8-15(14)18-16)12-4-2-1-3-5-12/h1-11H,(H,17,18,19). The zero-order valence-electron chi connectivity index (χ0n) is 10.2. The first-order chi connectivity index (χ1) is 9.36. The van der Waals surface area contributed by atoms with E-state index in [1.165, 1.54) is 5.56 Å². The van der Waals surface area contributed by atoms with Gasteiger partial charge in [-0.15, -0.1) is 0 Å². The highest BCUT2D eigenvalue weighted by molar-refractivity contribution is 5.86. The number of carbonyl (C=O) groups excluding carboxylic acids is 1. The van der Waals surface area contributed by atoms with Gasteiger partial charge in [-0.05, 0) is 35.4 Å². The average Bonchev–Trinajstić information content (AvgIpc) is 2.48. The number of aromatic nitrogens is 1. The summed E-state index contributed by atoms with van der Waals surface area (Å²) in [6.07, 6.45) is 0.631. The van der Waals surface area contributed by atoms with Crippen LogP contribution in [0.4, 0.5) is 5.82 Å². The summed E-state index contributed by atoms with van der Waals surface area (Å²) in [6.45, 7) is 0. The highest BCUT2D eigenvalue weighted by Gasteiger charge is 2.01. The molecule has 0 radical (unpaired) electrons. The molecule has 0 atom stereocenters. The molecule has 2 aromatic carbocycles. The Hall–Kier alpha value is -2.68. The van der Waals surface area contributed by atoms with E-state index in [0.717, 1.165) is 16.5 Å². The van der Waals surface area contributed by atoms with Crippen molar-refractivity contribution < 1.29 is 4.79 Å². The Morgan fingerprint density at radius 1 is 0.895 bits per heavy atom. The molecule has 1 heterocycles. The molecule has 1 N–H and O–H groups in total. The Kier molecular flexibility index (Phi) is 2.94. The van der Waals surface area contributed by atoms with Gasteiger partial charge in [0.05, 0.1) is 5.52 Å². The van der Waals surface area contributed by atoms with Crippen molar-refractivity contribution in [3.63, 3.8) is 0 Å². The number of benzene rings is 2. The quantitative estimate of drug-likeness (QED) is 0.721. The molecule has 3 heteroatoms. The van der Waals surface area contributed by atoms with Crippen molar-refractivity contribution in [2.24, 2.45) is 0 Å². The van der Waals surface area contributed by atoms with Gasteiger partial charge in [-0.25, -0.2) is 4.98 Å². The average molecular weight is 248 g/mol. The number of amides is 1. The van der Waals surface area contributed by atoms with Gasteiger partial charge in [-0.3, -0.25) is 4.79 Å². The maximum Gasteiger partial charge on any atom is 0.212 e. The smallest absolute Gasteiger partial charge is 0.212 e. The first kappa shape index (κ1) is 11.4. The number of rotatable bonds is 3. The minimum atomic E-state index is 0.565. The Bertz CT molecular complexity index is 723. The van der Waals surface area contributed by atoms with Gasteiger partial charge >= 0.3 is 0 Å². The number of nitrogens with zero attached hydrogens (tertiary/aromatic N) is 1. The molecule has 1 aromatic heterocycles. The van der Waals surface area contributed by atoms with Gasteiger partial charge in [-0.1, -0.05) is 36.4 Å². The molecule has 0 aliphatic rings. The molecule has 92 valence electrons. The monoisotopic (exact) mass is 248 g/mol. The fourth-order valence-electron chi connectivity index (χ4n) is 2.08. The van der Waals surface area contributed by atoms with Crippen LogP contribution in [0.3, 0.4) is 0 Å². The van der Waals surface area contributed by atoms with Crippen LogP contribution in [0.1, 0.15) is 0 Å². The number of fused-ring (bicyclic) bond motifs is 1. The van der Waals surface area contributed by atoms with Crippen molar-refractivity contribution in [1.82, 2.24) is 4.98 Å². The maximum absolute atomic E-state index is 10.4. The predicted octanol–water partition coefficient (Wildman–Crippen LogP) is 3.47. The summed E-state index contributed by atoms with van der Waals surface area (Å²) >= 11 is 0. The van der Waals surface area contributed by atoms with Crippen LogP contribution < -0.4 is 5.32 Å². The van der Waals surface area contributed by atoms with Crippen molar-refractivity contribution in [2.75, 3.05) is 5.32 Å². The lowest BCUT2D eigenvalue weighted by Crippen LogP contribution is -1.96. The second-order valence-electron chi connectivity index (χ2n) is 4.23. The third-order valence-electron chi connectivity index (χ3n) is 3.00. The molecule has 0 saturated carbocycles. The van der Waals surface area contributed by atoms with E-state index in [0.29, 0.717) is 12.2 Å². The lowest BCUT2D eigenvalue weighted by Gasteiger charge is -2.05. The molecule has 0 fully saturated rings. The first-order valence-electron chi connectivity index (χ1n) is 6.03. The highest BCUT2D eigenvalue weighted by atomic mass is 16.1. The fourth-order valence-corrected chi connectivity index (χ4v) is 2.08. The van der Waals surface area contributed by atoms with E-state index in [1.54, 1.807) is 6.07 Å². The topological polar surface area (TPSA) is 42.0 Å². The summed E-state index contributed by atoms with van der Waals surface area (Å²) in [5.74, 6) is 0.565. The molecule has 3 rings (SSSR count). The molecule has 0 spiro atoms. The normalized spacial score (nSPS) is 10.3. The number of anilines is 1. The molecule has 19 heavy (non-hydrogen) atoms. The Balaban J connectivity index is 2.07. The zero-order valence-corrected chi connectivity index (χ0v) is 10.2. The number of hydrogen-bond acceptors (Lipinski definition) is 2. The first-order valence-corrected chi connectivity index (χ1v) is 6.03. The van der Waals surface area contributed by atoms with Crippen LogP contribution in [0.2, 0.25) is 0 Å². The summed E-state index contributed by atoms with van der Waals surface area (Å²) in [7, 11) is 0. The molecule has 1 amide bonds. The Morgan fingerprint density at radius 3 is 2.53 bits per heavy atom. The van der Waals surface area contributed by atoms with Gasteiger partial charge in [-0.2, -0.15) is 0 Å². The summed E-state index contributed by atoms with van der Waals surface area (Å²) in [4.78, 5) is 14.8. The summed E-state index contributed by atoms with van der Waals surface area (Å²) in [5, 5.41) is 3.61. The number of carbonyl (C=O) groups is 1. The fraction of sp³-hybridized carbons (Fsp3) is 0. The molecule has 0 unspecified atom stereocenters. The Labute approximate surface area is 110 Å². The van der Waals surface area contributed by atoms with Gasteiger partial charge in [0.25, 0.3) is 0 Å². The third kappa shape index (κ3) is 2.31. The van der Waals surface area contributed by atoms with E-state index in [4.69, 9.17) is 0 Å². The van der Waals surface area contributed by atoms with E-state index >= 15 is 0 Å². The van der Waals surface area contributed by atoms with Crippen molar-refractivity contribution in [3.8, 4) is 11.1 Å². The van der Waals surface area contributed by atoms with E-state index in [-0.39, 0.29) is 0 Å². The molecule has 0 bridgehead atoms. The van der Waals surface area contributed by atoms with Crippen LogP contribution in [0, 0.1) is 0 Å². The van der Waals surface area contributed by atoms with Crippen LogP contribution in [-0.4, -0.2) is 11.4 Å². The van der Waals surface area contributed by atoms with Crippen molar-refractivity contribution >= 4 is 23.1 Å². The maximum atomic E-state index is 10.4. The molecule has 3 nitrogen and oxygen atoms in total. The molecular weight excluding hydrogens is 236 g/mol. The molecule has 0 aliphatic heterocycles. The largest absolute Gasteiger partial charge is 0.313 e. The van der Waals surface area contributed by atoms with Crippen molar-refractivity contribution in [2.45, 2.75) is 0 Å². The van der Waals surface area contributed by atoms with E-state index < -0.39 is 0 Å². The molecule has 0 saturated heterocycles. The molecule has 3 aromatic rings. The van der Waals surface area contributed by atoms with Crippen molar-refractivity contribution in [1.29, 1.82) is 0 Å². The minimum Gasteiger partial charge on any atom is -0.313 e. The highest BCUT2D eigenvalue weighted by Crippen LogP contribution is 2.24. The number of nitrogens with one attached hydrogen (secondary N) is 1. The van der Waals surface area contributed by atoms with Crippen LogP contribution in [-0.2, 0) is 4.79 Å². The van der Waals surface area contributed by atoms with Crippen LogP contribution >= 0.6 is 0 Å². The second kappa shape index (κ2) is 4.90. The van der Waals surface area contributed by atoms with Gasteiger partial charge in [0.2, 0.25) is 6.41 Å². The van der Waals surface area contributed by atoms with E-state index in [9.17, 15) is 4.79 Å². The van der Waals surface area contributed by atoms with Gasteiger partial charge < -0.3 is 5.32 Å². The second-order valence-corrected chi connectivity index (χ2v) is 4.23.